The molecule has 41 heavy (non-hydrogen) atoms. The Morgan fingerprint density at radius 2 is 1.95 bits per heavy atom. The van der Waals surface area contributed by atoms with Gasteiger partial charge in [0.05, 0.1) is 10.9 Å². The van der Waals surface area contributed by atoms with E-state index in [1.165, 1.54) is 11.3 Å². The number of aliphatic hydroxyl groups excluding tert-OH is 1. The monoisotopic (exact) mass is 577 g/mol. The van der Waals surface area contributed by atoms with Crippen molar-refractivity contribution in [3.63, 3.8) is 0 Å². The zero-order chi connectivity index (χ0) is 28.3. The van der Waals surface area contributed by atoms with Gasteiger partial charge >= 0.3 is 0 Å². The number of amides is 4. The molecule has 6 atom stereocenters. The van der Waals surface area contributed by atoms with Crippen molar-refractivity contribution in [2.24, 2.45) is 17.3 Å². The van der Waals surface area contributed by atoms with E-state index in [1.807, 2.05) is 30.3 Å². The van der Waals surface area contributed by atoms with Crippen LogP contribution in [0, 0.1) is 17.3 Å². The summed E-state index contributed by atoms with van der Waals surface area (Å²) in [6, 6.07) is 8.13. The summed E-state index contributed by atoms with van der Waals surface area (Å²) in [6.07, 6.45) is 6.45. The van der Waals surface area contributed by atoms with Crippen LogP contribution in [0.2, 0.25) is 0 Å². The third kappa shape index (κ3) is 4.92. The normalized spacial score (nSPS) is 28.8. The number of likely N-dealkylation sites (tertiary alicyclic amines) is 1. The van der Waals surface area contributed by atoms with Crippen LogP contribution in [-0.4, -0.2) is 75.4 Å². The zero-order valence-electron chi connectivity index (χ0n) is 22.8. The molecule has 4 N–H and O–H groups in total. The molecule has 2 aromatic rings. The van der Waals surface area contributed by atoms with Gasteiger partial charge in [0.2, 0.25) is 11.8 Å². The van der Waals surface area contributed by atoms with E-state index in [-0.39, 0.29) is 47.6 Å². The second kappa shape index (κ2) is 10.2. The highest BCUT2D eigenvalue weighted by atomic mass is 32.1. The molecule has 2 saturated heterocycles. The number of aromatic nitrogens is 1. The van der Waals surface area contributed by atoms with Gasteiger partial charge in [0, 0.05) is 30.7 Å². The number of hydrogen-bond donors (Lipinski definition) is 4. The lowest BCUT2D eigenvalue weighted by molar-refractivity contribution is -0.136. The molecule has 3 saturated carbocycles. The first-order valence-electron chi connectivity index (χ1n) is 14.7. The number of nitrogens with one attached hydrogen (secondary N) is 3. The van der Waals surface area contributed by atoms with Gasteiger partial charge in [-0.25, -0.2) is 4.98 Å². The Labute approximate surface area is 242 Å². The van der Waals surface area contributed by atoms with Gasteiger partial charge in [-0.15, -0.1) is 11.3 Å². The second-order valence-electron chi connectivity index (χ2n) is 12.5. The van der Waals surface area contributed by atoms with E-state index in [9.17, 15) is 24.3 Å². The Balaban J connectivity index is 1.13. The molecule has 3 aliphatic carbocycles. The molecule has 1 aromatic heterocycles. The van der Waals surface area contributed by atoms with E-state index >= 15 is 0 Å². The fourth-order valence-corrected chi connectivity index (χ4v) is 8.17. The molecule has 7 rings (SSSR count). The van der Waals surface area contributed by atoms with Crippen molar-refractivity contribution in [3.05, 3.63) is 41.5 Å². The SMILES string of the molecule is O=C(NC1CC1)C(O)C(C[C@@H]1CCNC1=O)NC(=O)[C@@H]1[C@@H]2C[C@@H](CC23CC3)N1C(=O)c1ncc(-c2ccccc2)s1. The number of carbonyl (C=O) groups is 4. The predicted octanol–water partition coefficient (Wildman–Crippen LogP) is 1.84. The fraction of sp³-hybridized carbons (Fsp3) is 0.567. The van der Waals surface area contributed by atoms with E-state index in [2.05, 4.69) is 20.9 Å². The molecule has 216 valence electrons. The van der Waals surface area contributed by atoms with Gasteiger partial charge in [-0.3, -0.25) is 19.2 Å². The Morgan fingerprint density at radius 1 is 1.17 bits per heavy atom. The molecule has 2 bridgehead atoms. The lowest BCUT2D eigenvalue weighted by Gasteiger charge is -2.39. The number of carbonyl (C=O) groups excluding carboxylic acids is 4. The molecule has 3 heterocycles. The van der Waals surface area contributed by atoms with E-state index in [4.69, 9.17) is 0 Å². The van der Waals surface area contributed by atoms with E-state index in [1.54, 1.807) is 11.1 Å². The highest BCUT2D eigenvalue weighted by Crippen LogP contribution is 2.67. The number of rotatable bonds is 9. The number of benzene rings is 1. The maximum Gasteiger partial charge on any atom is 0.283 e. The molecule has 0 radical (unpaired) electrons. The maximum absolute atomic E-state index is 14.1. The molecule has 1 spiro atoms. The molecule has 5 aliphatic rings. The van der Waals surface area contributed by atoms with Gasteiger partial charge < -0.3 is 26.0 Å². The summed E-state index contributed by atoms with van der Waals surface area (Å²) < 4.78 is 0. The van der Waals surface area contributed by atoms with Gasteiger partial charge in [-0.1, -0.05) is 30.3 Å². The van der Waals surface area contributed by atoms with E-state index in [0.717, 1.165) is 49.0 Å². The number of nitrogens with zero attached hydrogens (tertiary/aromatic N) is 2. The summed E-state index contributed by atoms with van der Waals surface area (Å²) in [5.74, 6) is -1.66. The molecular weight excluding hydrogens is 542 g/mol. The summed E-state index contributed by atoms with van der Waals surface area (Å²) in [6.45, 7) is 0.532. The Hall–Kier alpha value is -3.31. The third-order valence-electron chi connectivity index (χ3n) is 9.77. The van der Waals surface area contributed by atoms with E-state index < -0.39 is 30.0 Å². The van der Waals surface area contributed by atoms with Crippen molar-refractivity contribution in [1.82, 2.24) is 25.8 Å². The van der Waals surface area contributed by atoms with Crippen LogP contribution in [0.4, 0.5) is 0 Å². The second-order valence-corrected chi connectivity index (χ2v) is 13.5. The Kier molecular flexibility index (Phi) is 6.61. The largest absolute Gasteiger partial charge is 0.381 e. The standard InChI is InChI=1S/C30H35N5O5S/c36-24(27(39)33-18-6-7-18)21(12-17-8-11-31-25(17)37)34-26(38)23-20-13-19(14-30(20)9-10-30)35(23)29(40)28-32-15-22(41-28)16-4-2-1-3-5-16/h1-5,15,17-21,23-24,36H,6-14H2,(H,31,37)(H,33,39)(H,34,38)/t17-,19-,20-,21?,23-,24?/m0/s1. The van der Waals surface area contributed by atoms with Gasteiger partial charge in [0.15, 0.2) is 11.1 Å². The molecule has 5 fully saturated rings. The van der Waals surface area contributed by atoms with Crippen molar-refractivity contribution < 1.29 is 24.3 Å². The summed E-state index contributed by atoms with van der Waals surface area (Å²) in [7, 11) is 0. The average Bonchev–Trinajstić information content (AvgIpc) is 3.71. The van der Waals surface area contributed by atoms with Gasteiger partial charge in [0.1, 0.15) is 6.04 Å². The maximum atomic E-state index is 14.1. The highest BCUT2D eigenvalue weighted by molar-refractivity contribution is 7.17. The third-order valence-corrected chi connectivity index (χ3v) is 10.8. The molecule has 2 unspecified atom stereocenters. The smallest absolute Gasteiger partial charge is 0.283 e. The van der Waals surface area contributed by atoms with E-state index in [0.29, 0.717) is 18.0 Å². The molecule has 1 aromatic carbocycles. The summed E-state index contributed by atoms with van der Waals surface area (Å²) >= 11 is 1.32. The van der Waals surface area contributed by atoms with Gasteiger partial charge in [-0.2, -0.15) is 0 Å². The van der Waals surface area contributed by atoms with Crippen molar-refractivity contribution >= 4 is 35.0 Å². The van der Waals surface area contributed by atoms with Crippen LogP contribution in [0.25, 0.3) is 10.4 Å². The Morgan fingerprint density at radius 3 is 2.63 bits per heavy atom. The lowest BCUT2D eigenvalue weighted by Crippen LogP contribution is -2.59. The first-order chi connectivity index (χ1) is 19.8. The molecule has 4 amide bonds. The number of thiazole rings is 1. The summed E-state index contributed by atoms with van der Waals surface area (Å²) in [5.41, 5.74) is 1.07. The topological polar surface area (TPSA) is 141 Å². The number of fused-ring (bicyclic) bond motifs is 3. The first-order valence-corrected chi connectivity index (χ1v) is 15.5. The van der Waals surface area contributed by atoms with Crippen LogP contribution >= 0.6 is 11.3 Å². The van der Waals surface area contributed by atoms with Crippen molar-refractivity contribution in [2.45, 2.75) is 81.6 Å². The molecule has 2 aliphatic heterocycles. The predicted molar refractivity (Wildman–Crippen MR) is 151 cm³/mol. The van der Waals surface area contributed by atoms with Crippen LogP contribution in [0.5, 0.6) is 0 Å². The summed E-state index contributed by atoms with van der Waals surface area (Å²) in [4.78, 5) is 60.3. The quantitative estimate of drug-likeness (QED) is 0.359. The minimum atomic E-state index is -1.49. The van der Waals surface area contributed by atoms with Crippen LogP contribution in [0.3, 0.4) is 0 Å². The lowest BCUT2D eigenvalue weighted by atomic mass is 9.83. The molecule has 11 heteroatoms. The average molecular weight is 578 g/mol. The number of hydrogen-bond acceptors (Lipinski definition) is 7. The minimum Gasteiger partial charge on any atom is -0.381 e. The first kappa shape index (κ1) is 26.6. The highest BCUT2D eigenvalue weighted by Gasteiger charge is 2.67. The van der Waals surface area contributed by atoms with Crippen molar-refractivity contribution in [2.75, 3.05) is 6.54 Å². The van der Waals surface area contributed by atoms with Crippen LogP contribution < -0.4 is 16.0 Å². The van der Waals surface area contributed by atoms with Crippen LogP contribution in [-0.2, 0) is 14.4 Å². The molecule has 10 nitrogen and oxygen atoms in total. The van der Waals surface area contributed by atoms with Gasteiger partial charge in [0.25, 0.3) is 11.8 Å². The van der Waals surface area contributed by atoms with Crippen molar-refractivity contribution in [1.29, 1.82) is 0 Å². The Bertz CT molecular complexity index is 1370. The summed E-state index contributed by atoms with van der Waals surface area (Å²) in [5, 5.41) is 20.0. The molecular formula is C30H35N5O5S. The van der Waals surface area contributed by atoms with Crippen LogP contribution in [0.15, 0.2) is 36.5 Å². The minimum absolute atomic E-state index is 0.0258. The fourth-order valence-electron chi connectivity index (χ4n) is 7.31. The number of aliphatic hydroxyl groups is 1. The zero-order valence-corrected chi connectivity index (χ0v) is 23.6. The van der Waals surface area contributed by atoms with Crippen LogP contribution in [0.1, 0.15) is 61.2 Å². The van der Waals surface area contributed by atoms with Crippen molar-refractivity contribution in [3.8, 4) is 10.4 Å². The van der Waals surface area contributed by atoms with Gasteiger partial charge in [-0.05, 0) is 68.3 Å². The number of piperidine rings is 1.